The highest BCUT2D eigenvalue weighted by Gasteiger charge is 2.13. The minimum Gasteiger partial charge on any atom is -0.494 e. The van der Waals surface area contributed by atoms with Crippen LogP contribution < -0.4 is 26.9 Å². The fourth-order valence-electron chi connectivity index (χ4n) is 2.64. The fraction of sp³-hybridized carbons (Fsp3) is 0.400. The SMILES string of the molecule is C1COCCN1.COc1cc(CNC(=O)c2cc(/C(N)=N/N(C)N)nc(C)n2)ccc1F. The molecule has 2 heterocycles. The molecule has 174 valence electrons. The Morgan fingerprint density at radius 2 is 2.00 bits per heavy atom. The summed E-state index contributed by atoms with van der Waals surface area (Å²) in [5.74, 6) is 5.02. The largest absolute Gasteiger partial charge is 0.494 e. The third-order valence-corrected chi connectivity index (χ3v) is 4.11. The number of rotatable bonds is 6. The molecule has 1 aromatic carbocycles. The van der Waals surface area contributed by atoms with Gasteiger partial charge in [-0.1, -0.05) is 6.07 Å². The quantitative estimate of drug-likeness (QED) is 0.205. The van der Waals surface area contributed by atoms with E-state index >= 15 is 0 Å². The zero-order chi connectivity index (χ0) is 23.5. The summed E-state index contributed by atoms with van der Waals surface area (Å²) < 4.78 is 23.3. The Hall–Kier alpha value is -3.35. The van der Waals surface area contributed by atoms with Crippen LogP contribution in [0.2, 0.25) is 0 Å². The Labute approximate surface area is 186 Å². The van der Waals surface area contributed by atoms with Crippen LogP contribution >= 0.6 is 0 Å². The number of nitrogens with one attached hydrogen (secondary N) is 2. The predicted octanol–water partition coefficient (Wildman–Crippen LogP) is -0.105. The molecule has 11 nitrogen and oxygen atoms in total. The lowest BCUT2D eigenvalue weighted by molar-refractivity contribution is 0.0945. The number of amidine groups is 1. The Morgan fingerprint density at radius 3 is 2.56 bits per heavy atom. The van der Waals surface area contributed by atoms with Crippen LogP contribution in [0.4, 0.5) is 4.39 Å². The molecule has 6 N–H and O–H groups in total. The number of benzene rings is 1. The molecule has 0 aliphatic carbocycles. The molecule has 0 unspecified atom stereocenters. The Kier molecular flexibility index (Phi) is 9.73. The number of morpholine rings is 1. The van der Waals surface area contributed by atoms with Gasteiger partial charge in [-0.3, -0.25) is 4.79 Å². The number of ether oxygens (including phenoxy) is 2. The fourth-order valence-corrected chi connectivity index (χ4v) is 2.64. The first-order valence-electron chi connectivity index (χ1n) is 9.87. The van der Waals surface area contributed by atoms with Gasteiger partial charge in [0.2, 0.25) is 0 Å². The van der Waals surface area contributed by atoms with Crippen LogP contribution in [0.15, 0.2) is 29.4 Å². The summed E-state index contributed by atoms with van der Waals surface area (Å²) in [6.07, 6.45) is 0. The van der Waals surface area contributed by atoms with Crippen LogP contribution in [0.5, 0.6) is 5.75 Å². The number of amides is 1. The summed E-state index contributed by atoms with van der Waals surface area (Å²) in [6, 6.07) is 5.74. The molecule has 2 aromatic rings. The number of hydrazine groups is 1. The van der Waals surface area contributed by atoms with Crippen molar-refractivity contribution < 1.29 is 18.7 Å². The molecule has 1 aliphatic rings. The van der Waals surface area contributed by atoms with Crippen molar-refractivity contribution in [3.63, 3.8) is 0 Å². The lowest BCUT2D eigenvalue weighted by Gasteiger charge is -2.10. The van der Waals surface area contributed by atoms with Gasteiger partial charge in [-0.25, -0.2) is 25.3 Å². The van der Waals surface area contributed by atoms with Crippen LogP contribution in [0.1, 0.15) is 27.6 Å². The van der Waals surface area contributed by atoms with E-state index in [4.69, 9.17) is 21.1 Å². The first kappa shape index (κ1) is 24.9. The number of halogens is 1. The lowest BCUT2D eigenvalue weighted by atomic mass is 10.2. The molecule has 0 saturated carbocycles. The van der Waals surface area contributed by atoms with Gasteiger partial charge in [0, 0.05) is 26.7 Å². The normalized spacial score (nSPS) is 13.6. The number of methoxy groups -OCH3 is 1. The average Bonchev–Trinajstić information content (AvgIpc) is 2.79. The Balaban J connectivity index is 0.000000520. The van der Waals surface area contributed by atoms with Gasteiger partial charge in [-0.05, 0) is 30.7 Å². The zero-order valence-electron chi connectivity index (χ0n) is 18.4. The molecule has 0 spiro atoms. The molecule has 0 radical (unpaired) electrons. The summed E-state index contributed by atoms with van der Waals surface area (Å²) in [4.78, 5) is 20.6. The highest BCUT2D eigenvalue weighted by molar-refractivity contribution is 5.99. The van der Waals surface area contributed by atoms with Crippen molar-refractivity contribution in [2.24, 2.45) is 16.7 Å². The Bertz CT molecular complexity index is 924. The summed E-state index contributed by atoms with van der Waals surface area (Å²) >= 11 is 0. The molecule has 1 aliphatic heterocycles. The molecule has 3 rings (SSSR count). The monoisotopic (exact) mass is 448 g/mol. The van der Waals surface area contributed by atoms with Crippen molar-refractivity contribution in [3.8, 4) is 5.75 Å². The van der Waals surface area contributed by atoms with E-state index < -0.39 is 11.7 Å². The maximum Gasteiger partial charge on any atom is 0.270 e. The number of aromatic nitrogens is 2. The van der Waals surface area contributed by atoms with Gasteiger partial charge < -0.3 is 25.8 Å². The van der Waals surface area contributed by atoms with E-state index in [1.807, 2.05) is 0 Å². The molecule has 12 heteroatoms. The molecule has 0 atom stereocenters. The number of carbonyl (C=O) groups excluding carboxylic acids is 1. The minimum atomic E-state index is -0.474. The minimum absolute atomic E-state index is 0.0535. The van der Waals surface area contributed by atoms with Gasteiger partial charge in [-0.2, -0.15) is 0 Å². The van der Waals surface area contributed by atoms with Gasteiger partial charge >= 0.3 is 0 Å². The summed E-state index contributed by atoms with van der Waals surface area (Å²) in [6.45, 7) is 5.63. The first-order valence-corrected chi connectivity index (χ1v) is 9.87. The molecular weight excluding hydrogens is 419 g/mol. The third-order valence-electron chi connectivity index (χ3n) is 4.11. The maximum absolute atomic E-state index is 13.4. The van der Waals surface area contributed by atoms with Gasteiger partial charge in [0.1, 0.15) is 17.2 Å². The van der Waals surface area contributed by atoms with Crippen LogP contribution in [-0.2, 0) is 11.3 Å². The van der Waals surface area contributed by atoms with E-state index in [0.29, 0.717) is 11.4 Å². The van der Waals surface area contributed by atoms with Gasteiger partial charge in [0.15, 0.2) is 17.4 Å². The highest BCUT2D eigenvalue weighted by Crippen LogP contribution is 2.18. The summed E-state index contributed by atoms with van der Waals surface area (Å²) in [7, 11) is 2.88. The van der Waals surface area contributed by atoms with Gasteiger partial charge in [0.05, 0.1) is 20.3 Å². The molecule has 32 heavy (non-hydrogen) atoms. The number of nitrogens with zero attached hydrogens (tertiary/aromatic N) is 4. The van der Waals surface area contributed by atoms with E-state index in [0.717, 1.165) is 31.4 Å². The second-order valence-electron chi connectivity index (χ2n) is 6.76. The van der Waals surface area contributed by atoms with E-state index in [1.165, 1.54) is 32.4 Å². The molecular formula is C20H29FN8O3. The number of nitrogens with two attached hydrogens (primary N) is 2. The number of hydrogen-bond donors (Lipinski definition) is 4. The Morgan fingerprint density at radius 1 is 1.31 bits per heavy atom. The number of hydrogen-bond acceptors (Lipinski definition) is 9. The van der Waals surface area contributed by atoms with E-state index in [9.17, 15) is 9.18 Å². The van der Waals surface area contributed by atoms with E-state index in [2.05, 4.69) is 25.7 Å². The van der Waals surface area contributed by atoms with Crippen molar-refractivity contribution in [2.45, 2.75) is 13.5 Å². The van der Waals surface area contributed by atoms with E-state index in [1.54, 1.807) is 13.0 Å². The van der Waals surface area contributed by atoms with Crippen LogP contribution in [-0.4, -0.2) is 67.3 Å². The zero-order valence-corrected chi connectivity index (χ0v) is 18.4. The highest BCUT2D eigenvalue weighted by atomic mass is 19.1. The third kappa shape index (κ3) is 8.06. The topological polar surface area (TPSA) is 153 Å². The van der Waals surface area contributed by atoms with Gasteiger partial charge in [-0.15, -0.1) is 5.10 Å². The lowest BCUT2D eigenvalue weighted by Crippen LogP contribution is -2.30. The second kappa shape index (κ2) is 12.5. The second-order valence-corrected chi connectivity index (χ2v) is 6.76. The smallest absolute Gasteiger partial charge is 0.270 e. The van der Waals surface area contributed by atoms with Crippen LogP contribution in [0.25, 0.3) is 0 Å². The number of aryl methyl sites for hydroxylation is 1. The van der Waals surface area contributed by atoms with Crippen LogP contribution in [0.3, 0.4) is 0 Å². The average molecular weight is 449 g/mol. The summed E-state index contributed by atoms with van der Waals surface area (Å²) in [5.41, 5.74) is 6.88. The molecule has 1 aromatic heterocycles. The summed E-state index contributed by atoms with van der Waals surface area (Å²) in [5, 5.41) is 10.7. The standard InChI is InChI=1S/C16H20FN7O2.C4H9NO/c1-9-21-12(15(18)23-24(2)19)7-13(22-9)16(25)20-8-10-4-5-11(17)14(6-10)26-3;1-3-6-4-2-5-1/h4-7H,8,19H2,1-3H3,(H2,18,23)(H,20,25);5H,1-4H2. The number of carbonyl (C=O) groups is 1. The number of hydrazone groups is 1. The van der Waals surface area contributed by atoms with Crippen LogP contribution in [0, 0.1) is 12.7 Å². The first-order chi connectivity index (χ1) is 15.3. The molecule has 1 saturated heterocycles. The molecule has 1 fully saturated rings. The van der Waals surface area contributed by atoms with Crippen molar-refractivity contribution in [1.29, 1.82) is 0 Å². The van der Waals surface area contributed by atoms with Crippen molar-refractivity contribution in [1.82, 2.24) is 25.7 Å². The van der Waals surface area contributed by atoms with E-state index in [-0.39, 0.29) is 29.5 Å². The molecule has 1 amide bonds. The van der Waals surface area contributed by atoms with Crippen molar-refractivity contribution in [2.75, 3.05) is 40.5 Å². The maximum atomic E-state index is 13.4. The van der Waals surface area contributed by atoms with Gasteiger partial charge in [0.25, 0.3) is 5.91 Å². The molecule has 0 bridgehead atoms. The predicted molar refractivity (Wildman–Crippen MR) is 117 cm³/mol. The van der Waals surface area contributed by atoms with Crippen molar-refractivity contribution >= 4 is 11.7 Å². The van der Waals surface area contributed by atoms with Crippen molar-refractivity contribution in [3.05, 3.63) is 52.9 Å².